The summed E-state index contributed by atoms with van der Waals surface area (Å²) in [5, 5.41) is 17.4. The number of hydrogen-bond acceptors (Lipinski definition) is 4. The van der Waals surface area contributed by atoms with Crippen molar-refractivity contribution in [2.24, 2.45) is 4.99 Å². The Morgan fingerprint density at radius 1 is 1.28 bits per heavy atom. The molecule has 0 bridgehead atoms. The van der Waals surface area contributed by atoms with Gasteiger partial charge in [-0.15, -0.1) is 0 Å². The Kier molecular flexibility index (Phi) is 7.16. The number of nitrogens with one attached hydrogen (secondary N) is 2. The van der Waals surface area contributed by atoms with Crippen LogP contribution in [0.4, 0.5) is 0 Å². The van der Waals surface area contributed by atoms with Gasteiger partial charge in [-0.1, -0.05) is 11.6 Å². The molecule has 2 aromatic rings. The van der Waals surface area contributed by atoms with E-state index in [1.54, 1.807) is 31.2 Å². The third-order valence-corrected chi connectivity index (χ3v) is 3.67. The minimum absolute atomic E-state index is 0.174. The van der Waals surface area contributed by atoms with Crippen molar-refractivity contribution >= 4 is 17.6 Å². The highest BCUT2D eigenvalue weighted by atomic mass is 35.5. The molecule has 0 aliphatic heterocycles. The van der Waals surface area contributed by atoms with Gasteiger partial charge in [-0.2, -0.15) is 0 Å². The van der Waals surface area contributed by atoms with Gasteiger partial charge in [0.15, 0.2) is 5.96 Å². The summed E-state index contributed by atoms with van der Waals surface area (Å²) in [6.45, 7) is 5.58. The lowest BCUT2D eigenvalue weighted by molar-refractivity contribution is 0.0437. The van der Waals surface area contributed by atoms with Gasteiger partial charge in [0.05, 0.1) is 19.4 Å². The van der Waals surface area contributed by atoms with Crippen molar-refractivity contribution in [2.45, 2.75) is 19.4 Å². The molecule has 0 aliphatic carbocycles. The molecule has 1 aromatic carbocycles. The van der Waals surface area contributed by atoms with Crippen molar-refractivity contribution in [3.63, 3.8) is 0 Å². The molecule has 1 heterocycles. The van der Waals surface area contributed by atoms with Crippen LogP contribution in [0.15, 0.2) is 52.1 Å². The van der Waals surface area contributed by atoms with Crippen molar-refractivity contribution in [2.75, 3.05) is 26.2 Å². The summed E-state index contributed by atoms with van der Waals surface area (Å²) >= 11 is 5.84. The first-order valence-electron chi connectivity index (χ1n) is 8.18. The molecule has 0 spiro atoms. The lowest BCUT2D eigenvalue weighted by Crippen LogP contribution is -2.40. The van der Waals surface area contributed by atoms with Crippen LogP contribution in [0.5, 0.6) is 5.75 Å². The fraction of sp³-hybridized carbons (Fsp3) is 0.389. The molecule has 0 saturated heterocycles. The number of furan rings is 1. The van der Waals surface area contributed by atoms with Gasteiger partial charge < -0.3 is 24.9 Å². The third-order valence-electron chi connectivity index (χ3n) is 3.42. The number of aliphatic hydroxyl groups is 1. The van der Waals surface area contributed by atoms with Gasteiger partial charge in [-0.25, -0.2) is 4.99 Å². The molecular weight excluding hydrogens is 342 g/mol. The summed E-state index contributed by atoms with van der Waals surface area (Å²) in [5.74, 6) is 1.85. The van der Waals surface area contributed by atoms with E-state index in [0.717, 1.165) is 5.75 Å². The summed E-state index contributed by atoms with van der Waals surface area (Å²) in [7, 11) is 0. The summed E-state index contributed by atoms with van der Waals surface area (Å²) in [6, 6.07) is 10.7. The van der Waals surface area contributed by atoms with E-state index in [9.17, 15) is 5.11 Å². The largest absolute Gasteiger partial charge is 0.492 e. The van der Waals surface area contributed by atoms with Crippen molar-refractivity contribution in [1.29, 1.82) is 0 Å². The van der Waals surface area contributed by atoms with Crippen LogP contribution in [0.2, 0.25) is 5.02 Å². The summed E-state index contributed by atoms with van der Waals surface area (Å²) < 4.78 is 10.9. The predicted molar refractivity (Wildman–Crippen MR) is 99.2 cm³/mol. The maximum atomic E-state index is 10.4. The van der Waals surface area contributed by atoms with Crippen LogP contribution < -0.4 is 15.4 Å². The normalized spacial score (nSPS) is 14.0. The zero-order valence-electron chi connectivity index (χ0n) is 14.5. The third kappa shape index (κ3) is 6.32. The molecule has 136 valence electrons. The molecular formula is C18H24ClN3O3. The Balaban J connectivity index is 1.82. The number of halogens is 1. The average Bonchev–Trinajstić information content (AvgIpc) is 3.13. The number of guanidine groups is 1. The molecule has 3 N–H and O–H groups in total. The van der Waals surface area contributed by atoms with Crippen molar-refractivity contribution < 1.29 is 14.3 Å². The summed E-state index contributed by atoms with van der Waals surface area (Å²) in [5.41, 5.74) is -1.16. The maximum Gasteiger partial charge on any atom is 0.191 e. The topological polar surface area (TPSA) is 79.0 Å². The average molecular weight is 366 g/mol. The highest BCUT2D eigenvalue weighted by Crippen LogP contribution is 2.21. The van der Waals surface area contributed by atoms with E-state index in [1.165, 1.54) is 6.26 Å². The quantitative estimate of drug-likeness (QED) is 0.381. The van der Waals surface area contributed by atoms with Gasteiger partial charge in [0.2, 0.25) is 0 Å². The van der Waals surface area contributed by atoms with E-state index in [2.05, 4.69) is 15.6 Å². The molecule has 1 aromatic heterocycles. The lowest BCUT2D eigenvalue weighted by Gasteiger charge is -2.19. The summed E-state index contributed by atoms with van der Waals surface area (Å²) in [4.78, 5) is 4.41. The number of rotatable bonds is 8. The van der Waals surface area contributed by atoms with Crippen LogP contribution in [-0.2, 0) is 5.60 Å². The van der Waals surface area contributed by atoms with E-state index < -0.39 is 5.60 Å². The predicted octanol–water partition coefficient (Wildman–Crippen LogP) is 2.77. The van der Waals surface area contributed by atoms with Crippen molar-refractivity contribution in [3.05, 3.63) is 53.4 Å². The van der Waals surface area contributed by atoms with E-state index in [4.69, 9.17) is 20.8 Å². The Bertz CT molecular complexity index is 655. The Morgan fingerprint density at radius 2 is 2.04 bits per heavy atom. The highest BCUT2D eigenvalue weighted by Gasteiger charge is 2.25. The first kappa shape index (κ1) is 19.1. The number of aliphatic imine (C=N–C) groups is 1. The second-order valence-corrected chi connectivity index (χ2v) is 6.11. The molecule has 7 heteroatoms. The van der Waals surface area contributed by atoms with E-state index in [1.807, 2.05) is 19.1 Å². The van der Waals surface area contributed by atoms with E-state index >= 15 is 0 Å². The maximum absolute atomic E-state index is 10.4. The first-order chi connectivity index (χ1) is 12.0. The van der Waals surface area contributed by atoms with E-state index in [0.29, 0.717) is 36.4 Å². The molecule has 0 aliphatic rings. The monoisotopic (exact) mass is 365 g/mol. The SMILES string of the molecule is CCNC(=NCC(C)(O)c1ccco1)NCCOc1ccc(Cl)cc1. The lowest BCUT2D eigenvalue weighted by atomic mass is 10.0. The van der Waals surface area contributed by atoms with E-state index in [-0.39, 0.29) is 6.54 Å². The molecule has 2 rings (SSSR count). The minimum Gasteiger partial charge on any atom is -0.492 e. The summed E-state index contributed by atoms with van der Waals surface area (Å²) in [6.07, 6.45) is 1.53. The van der Waals surface area contributed by atoms with Gasteiger partial charge in [0.1, 0.15) is 23.7 Å². The Hall–Kier alpha value is -2.18. The van der Waals surface area contributed by atoms with Crippen LogP contribution in [0, 0.1) is 0 Å². The van der Waals surface area contributed by atoms with Crippen LogP contribution in [0.25, 0.3) is 0 Å². The van der Waals surface area contributed by atoms with Crippen LogP contribution in [0.1, 0.15) is 19.6 Å². The van der Waals surface area contributed by atoms with Gasteiger partial charge in [0.25, 0.3) is 0 Å². The van der Waals surface area contributed by atoms with Crippen LogP contribution in [-0.4, -0.2) is 37.3 Å². The molecule has 25 heavy (non-hydrogen) atoms. The highest BCUT2D eigenvalue weighted by molar-refractivity contribution is 6.30. The molecule has 1 unspecified atom stereocenters. The number of nitrogens with zero attached hydrogens (tertiary/aromatic N) is 1. The number of benzene rings is 1. The molecule has 0 amide bonds. The standard InChI is InChI=1S/C18H24ClN3O3/c1-3-20-17(22-13-18(2,23)16-5-4-11-25-16)21-10-12-24-15-8-6-14(19)7-9-15/h4-9,11,23H,3,10,12-13H2,1-2H3,(H2,20,21,22). The van der Waals surface area contributed by atoms with Crippen LogP contribution >= 0.6 is 11.6 Å². The second kappa shape index (κ2) is 9.34. The second-order valence-electron chi connectivity index (χ2n) is 5.68. The van der Waals surface area contributed by atoms with Crippen molar-refractivity contribution in [1.82, 2.24) is 10.6 Å². The number of hydrogen-bond donors (Lipinski definition) is 3. The zero-order chi connectivity index (χ0) is 18.1. The smallest absolute Gasteiger partial charge is 0.191 e. The molecule has 0 fully saturated rings. The fourth-order valence-electron chi connectivity index (χ4n) is 2.11. The van der Waals surface area contributed by atoms with Gasteiger partial charge in [0, 0.05) is 11.6 Å². The van der Waals surface area contributed by atoms with Crippen molar-refractivity contribution in [3.8, 4) is 5.75 Å². The van der Waals surface area contributed by atoms with Gasteiger partial charge >= 0.3 is 0 Å². The zero-order valence-corrected chi connectivity index (χ0v) is 15.2. The molecule has 1 atom stereocenters. The first-order valence-corrected chi connectivity index (χ1v) is 8.56. The number of ether oxygens (including phenoxy) is 1. The molecule has 0 saturated carbocycles. The minimum atomic E-state index is -1.16. The molecule has 0 radical (unpaired) electrons. The fourth-order valence-corrected chi connectivity index (χ4v) is 2.23. The van der Waals surface area contributed by atoms with Crippen LogP contribution in [0.3, 0.4) is 0 Å². The molecule has 6 nitrogen and oxygen atoms in total. The Morgan fingerprint density at radius 3 is 2.68 bits per heavy atom. The Labute approximate surface area is 152 Å². The van der Waals surface area contributed by atoms with Gasteiger partial charge in [-0.3, -0.25) is 0 Å². The van der Waals surface area contributed by atoms with Gasteiger partial charge in [-0.05, 0) is 50.2 Å².